The first-order valence-corrected chi connectivity index (χ1v) is 7.03. The molecule has 100 valence electrons. The van der Waals surface area contributed by atoms with Gasteiger partial charge in [0.2, 0.25) is 0 Å². The summed E-state index contributed by atoms with van der Waals surface area (Å²) in [5.74, 6) is 1.89. The van der Waals surface area contributed by atoms with Gasteiger partial charge in [0.25, 0.3) is 0 Å². The maximum absolute atomic E-state index is 6.04. The molecule has 2 N–H and O–H groups in total. The highest BCUT2D eigenvalue weighted by atomic mass is 15.2. The van der Waals surface area contributed by atoms with E-state index in [-0.39, 0.29) is 6.04 Å². The number of anilines is 1. The molecule has 1 fully saturated rings. The lowest BCUT2D eigenvalue weighted by Crippen LogP contribution is -2.37. The SMILES string of the molecule is CC1CCCC(N(C)c2ncccc2[C@@H](C)N)C1. The minimum atomic E-state index is 0.0390. The maximum atomic E-state index is 6.04. The molecule has 1 aromatic heterocycles. The molecule has 3 heteroatoms. The molecule has 1 saturated carbocycles. The predicted octanol–water partition coefficient (Wildman–Crippen LogP) is 3.12. The van der Waals surface area contributed by atoms with Gasteiger partial charge < -0.3 is 10.6 Å². The van der Waals surface area contributed by atoms with Gasteiger partial charge in [-0.15, -0.1) is 0 Å². The Morgan fingerprint density at radius 2 is 2.22 bits per heavy atom. The van der Waals surface area contributed by atoms with Gasteiger partial charge in [-0.05, 0) is 31.7 Å². The van der Waals surface area contributed by atoms with Crippen molar-refractivity contribution in [3.05, 3.63) is 23.9 Å². The molecular formula is C15H25N3. The average Bonchev–Trinajstić information content (AvgIpc) is 2.38. The molecule has 0 bridgehead atoms. The monoisotopic (exact) mass is 247 g/mol. The van der Waals surface area contributed by atoms with E-state index in [0.717, 1.165) is 17.3 Å². The highest BCUT2D eigenvalue weighted by Gasteiger charge is 2.24. The smallest absolute Gasteiger partial charge is 0.133 e. The van der Waals surface area contributed by atoms with E-state index in [1.165, 1.54) is 25.7 Å². The summed E-state index contributed by atoms with van der Waals surface area (Å²) in [6.07, 6.45) is 7.11. The van der Waals surface area contributed by atoms with Crippen molar-refractivity contribution < 1.29 is 0 Å². The second-order valence-corrected chi connectivity index (χ2v) is 5.74. The van der Waals surface area contributed by atoms with E-state index >= 15 is 0 Å². The Kier molecular flexibility index (Phi) is 4.23. The quantitative estimate of drug-likeness (QED) is 0.892. The van der Waals surface area contributed by atoms with Crippen LogP contribution in [0.3, 0.4) is 0 Å². The molecule has 1 aromatic rings. The summed E-state index contributed by atoms with van der Waals surface area (Å²) < 4.78 is 0. The Morgan fingerprint density at radius 1 is 1.44 bits per heavy atom. The minimum absolute atomic E-state index is 0.0390. The van der Waals surface area contributed by atoms with Crippen molar-refractivity contribution in [2.24, 2.45) is 11.7 Å². The van der Waals surface area contributed by atoms with E-state index < -0.39 is 0 Å². The van der Waals surface area contributed by atoms with Gasteiger partial charge in [0.15, 0.2) is 0 Å². The van der Waals surface area contributed by atoms with Crippen molar-refractivity contribution in [3.63, 3.8) is 0 Å². The number of pyridine rings is 1. The lowest BCUT2D eigenvalue weighted by atomic mass is 9.86. The van der Waals surface area contributed by atoms with E-state index in [1.807, 2.05) is 19.2 Å². The molecule has 0 radical (unpaired) electrons. The van der Waals surface area contributed by atoms with E-state index in [0.29, 0.717) is 6.04 Å². The highest BCUT2D eigenvalue weighted by Crippen LogP contribution is 2.31. The van der Waals surface area contributed by atoms with Gasteiger partial charge >= 0.3 is 0 Å². The number of nitrogens with two attached hydrogens (primary N) is 1. The zero-order valence-corrected chi connectivity index (χ0v) is 11.8. The Morgan fingerprint density at radius 3 is 2.89 bits per heavy atom. The number of hydrogen-bond acceptors (Lipinski definition) is 3. The average molecular weight is 247 g/mol. The summed E-state index contributed by atoms with van der Waals surface area (Å²) in [6.45, 7) is 4.38. The number of hydrogen-bond donors (Lipinski definition) is 1. The van der Waals surface area contributed by atoms with Crippen LogP contribution in [0.4, 0.5) is 5.82 Å². The first kappa shape index (κ1) is 13.3. The first-order chi connectivity index (χ1) is 8.59. The van der Waals surface area contributed by atoms with Crippen molar-refractivity contribution in [2.75, 3.05) is 11.9 Å². The van der Waals surface area contributed by atoms with Crippen molar-refractivity contribution in [1.82, 2.24) is 4.98 Å². The van der Waals surface area contributed by atoms with Crippen LogP contribution < -0.4 is 10.6 Å². The topological polar surface area (TPSA) is 42.2 Å². The molecular weight excluding hydrogens is 222 g/mol. The Hall–Kier alpha value is -1.09. The molecule has 18 heavy (non-hydrogen) atoms. The van der Waals surface area contributed by atoms with Crippen LogP contribution in [0.1, 0.15) is 51.1 Å². The summed E-state index contributed by atoms with van der Waals surface area (Å²) in [5, 5.41) is 0. The molecule has 0 saturated heterocycles. The second kappa shape index (κ2) is 5.70. The lowest BCUT2D eigenvalue weighted by molar-refractivity contribution is 0.335. The van der Waals surface area contributed by atoms with Crippen LogP contribution in [-0.2, 0) is 0 Å². The molecule has 3 nitrogen and oxygen atoms in total. The van der Waals surface area contributed by atoms with Gasteiger partial charge in [-0.2, -0.15) is 0 Å². The Balaban J connectivity index is 2.19. The fraction of sp³-hybridized carbons (Fsp3) is 0.667. The van der Waals surface area contributed by atoms with E-state index in [4.69, 9.17) is 5.73 Å². The standard InChI is InChI=1S/C15H25N3/c1-11-6-4-7-13(10-11)18(3)15-14(12(2)16)8-5-9-17-15/h5,8-9,11-13H,4,6-7,10,16H2,1-3H3/t11?,12-,13?/m1/s1. The number of rotatable bonds is 3. The van der Waals surface area contributed by atoms with E-state index in [2.05, 4.69) is 29.9 Å². The zero-order chi connectivity index (χ0) is 13.1. The molecule has 3 atom stereocenters. The minimum Gasteiger partial charge on any atom is -0.356 e. The molecule has 2 rings (SSSR count). The van der Waals surface area contributed by atoms with E-state index in [1.54, 1.807) is 0 Å². The normalized spacial score (nSPS) is 25.8. The van der Waals surface area contributed by atoms with Crippen LogP contribution in [0.15, 0.2) is 18.3 Å². The summed E-state index contributed by atoms with van der Waals surface area (Å²) in [5.41, 5.74) is 7.19. The Bertz CT molecular complexity index is 389. The van der Waals surface area contributed by atoms with Gasteiger partial charge in [-0.1, -0.05) is 25.8 Å². The number of aromatic nitrogens is 1. The molecule has 0 spiro atoms. The first-order valence-electron chi connectivity index (χ1n) is 7.03. The van der Waals surface area contributed by atoms with Gasteiger partial charge in [0, 0.05) is 30.9 Å². The second-order valence-electron chi connectivity index (χ2n) is 5.74. The molecule has 2 unspecified atom stereocenters. The third-order valence-electron chi connectivity index (χ3n) is 4.10. The largest absolute Gasteiger partial charge is 0.356 e. The van der Waals surface area contributed by atoms with Crippen LogP contribution in [0.25, 0.3) is 0 Å². The molecule has 1 heterocycles. The van der Waals surface area contributed by atoms with Crippen LogP contribution in [0.2, 0.25) is 0 Å². The van der Waals surface area contributed by atoms with E-state index in [9.17, 15) is 0 Å². The molecule has 0 aliphatic heterocycles. The third kappa shape index (κ3) is 2.83. The van der Waals surface area contributed by atoms with Crippen molar-refractivity contribution in [2.45, 2.75) is 51.6 Å². The lowest BCUT2D eigenvalue weighted by Gasteiger charge is -2.36. The number of nitrogens with zero attached hydrogens (tertiary/aromatic N) is 2. The van der Waals surface area contributed by atoms with Gasteiger partial charge in [0.05, 0.1) is 0 Å². The molecule has 0 amide bonds. The Labute approximate surface area is 110 Å². The van der Waals surface area contributed by atoms with Gasteiger partial charge in [0.1, 0.15) is 5.82 Å². The van der Waals surface area contributed by atoms with Crippen molar-refractivity contribution in [3.8, 4) is 0 Å². The zero-order valence-electron chi connectivity index (χ0n) is 11.8. The van der Waals surface area contributed by atoms with Crippen LogP contribution in [-0.4, -0.2) is 18.1 Å². The summed E-state index contributed by atoms with van der Waals surface area (Å²) in [6, 6.07) is 4.72. The van der Waals surface area contributed by atoms with Crippen molar-refractivity contribution >= 4 is 5.82 Å². The fourth-order valence-corrected chi connectivity index (χ4v) is 2.99. The summed E-state index contributed by atoms with van der Waals surface area (Å²) in [4.78, 5) is 6.89. The van der Waals surface area contributed by atoms with Gasteiger partial charge in [-0.3, -0.25) is 0 Å². The third-order valence-corrected chi connectivity index (χ3v) is 4.10. The molecule has 1 aliphatic carbocycles. The van der Waals surface area contributed by atoms with Gasteiger partial charge in [-0.25, -0.2) is 4.98 Å². The molecule has 1 aliphatic rings. The van der Waals surface area contributed by atoms with Crippen LogP contribution in [0.5, 0.6) is 0 Å². The predicted molar refractivity (Wildman–Crippen MR) is 76.7 cm³/mol. The van der Waals surface area contributed by atoms with Crippen LogP contribution in [0, 0.1) is 5.92 Å². The summed E-state index contributed by atoms with van der Waals surface area (Å²) in [7, 11) is 2.16. The highest BCUT2D eigenvalue weighted by molar-refractivity contribution is 5.48. The fourth-order valence-electron chi connectivity index (χ4n) is 2.99. The van der Waals surface area contributed by atoms with Crippen LogP contribution >= 0.6 is 0 Å². The van der Waals surface area contributed by atoms with Crippen molar-refractivity contribution in [1.29, 1.82) is 0 Å². The summed E-state index contributed by atoms with van der Waals surface area (Å²) >= 11 is 0. The molecule has 0 aromatic carbocycles. The maximum Gasteiger partial charge on any atom is 0.133 e.